The summed E-state index contributed by atoms with van der Waals surface area (Å²) in [6.45, 7) is 1.99. The van der Waals surface area contributed by atoms with Gasteiger partial charge in [0, 0.05) is 17.5 Å². The normalized spacial score (nSPS) is 12.7. The van der Waals surface area contributed by atoms with Gasteiger partial charge >= 0.3 is 0 Å². The summed E-state index contributed by atoms with van der Waals surface area (Å²) in [6, 6.07) is 6.20. The van der Waals surface area contributed by atoms with E-state index in [1.807, 2.05) is 26.1 Å². The van der Waals surface area contributed by atoms with Crippen molar-refractivity contribution in [2.75, 3.05) is 7.05 Å². The highest BCUT2D eigenvalue weighted by atomic mass is 35.5. The summed E-state index contributed by atoms with van der Waals surface area (Å²) < 4.78 is 0. The second kappa shape index (κ2) is 5.46. The van der Waals surface area contributed by atoms with Crippen molar-refractivity contribution in [3.63, 3.8) is 0 Å². The maximum atomic E-state index is 6.15. The fraction of sp³-hybridized carbons (Fsp3) is 0.417. The molecule has 96 valence electrons. The van der Waals surface area contributed by atoms with Crippen molar-refractivity contribution in [2.24, 2.45) is 7.05 Å². The van der Waals surface area contributed by atoms with Gasteiger partial charge in [-0.25, -0.2) is 0 Å². The number of benzene rings is 1. The number of nitrogens with one attached hydrogen (secondary N) is 1. The highest BCUT2D eigenvalue weighted by molar-refractivity contribution is 6.31. The van der Waals surface area contributed by atoms with Crippen molar-refractivity contribution in [3.05, 3.63) is 40.2 Å². The Hall–Kier alpha value is -1.46. The molecule has 5 nitrogen and oxygen atoms in total. The maximum absolute atomic E-state index is 6.15. The highest BCUT2D eigenvalue weighted by Crippen LogP contribution is 2.22. The zero-order valence-electron chi connectivity index (χ0n) is 10.7. The Bertz CT molecular complexity index is 537. The molecule has 2 rings (SSSR count). The molecule has 1 aromatic heterocycles. The molecule has 0 aliphatic rings. The number of likely N-dealkylation sites (N-methyl/N-ethyl adjacent to an activating group) is 1. The molecular formula is C12H16ClN5. The van der Waals surface area contributed by atoms with E-state index in [2.05, 4.69) is 26.8 Å². The van der Waals surface area contributed by atoms with Gasteiger partial charge in [-0.05, 0) is 36.4 Å². The van der Waals surface area contributed by atoms with Crippen molar-refractivity contribution in [3.8, 4) is 0 Å². The third-order valence-electron chi connectivity index (χ3n) is 2.88. The van der Waals surface area contributed by atoms with Gasteiger partial charge in [0.25, 0.3) is 0 Å². The summed E-state index contributed by atoms with van der Waals surface area (Å²) in [7, 11) is 3.67. The molecule has 0 bridgehead atoms. The van der Waals surface area contributed by atoms with E-state index in [9.17, 15) is 0 Å². The van der Waals surface area contributed by atoms with Crippen LogP contribution in [0.2, 0.25) is 5.02 Å². The predicted molar refractivity (Wildman–Crippen MR) is 70.5 cm³/mol. The van der Waals surface area contributed by atoms with Crippen LogP contribution in [0.15, 0.2) is 18.2 Å². The van der Waals surface area contributed by atoms with Crippen LogP contribution in [0.1, 0.15) is 23.0 Å². The van der Waals surface area contributed by atoms with Gasteiger partial charge in [-0.15, -0.1) is 10.2 Å². The average Bonchev–Trinajstić information content (AvgIpc) is 2.75. The van der Waals surface area contributed by atoms with Crippen LogP contribution in [0.3, 0.4) is 0 Å². The largest absolute Gasteiger partial charge is 0.313 e. The lowest BCUT2D eigenvalue weighted by Crippen LogP contribution is -2.19. The van der Waals surface area contributed by atoms with Gasteiger partial charge in [0.15, 0.2) is 5.82 Å². The molecule has 0 aliphatic heterocycles. The molecule has 0 amide bonds. The molecule has 1 N–H and O–H groups in total. The molecule has 1 unspecified atom stereocenters. The lowest BCUT2D eigenvalue weighted by Gasteiger charge is -2.15. The molecule has 1 aromatic carbocycles. The van der Waals surface area contributed by atoms with Crippen LogP contribution >= 0.6 is 11.6 Å². The average molecular weight is 266 g/mol. The number of tetrazole rings is 1. The van der Waals surface area contributed by atoms with Crippen LogP contribution in [0.4, 0.5) is 0 Å². The summed E-state index contributed by atoms with van der Waals surface area (Å²) >= 11 is 6.15. The smallest absolute Gasteiger partial charge is 0.176 e. The number of nitrogens with zero attached hydrogens (tertiary/aromatic N) is 4. The van der Waals surface area contributed by atoms with Crippen molar-refractivity contribution in [1.29, 1.82) is 0 Å². The van der Waals surface area contributed by atoms with E-state index >= 15 is 0 Å². The highest BCUT2D eigenvalue weighted by Gasteiger charge is 2.14. The number of aromatic nitrogens is 4. The van der Waals surface area contributed by atoms with E-state index in [-0.39, 0.29) is 6.04 Å². The molecule has 6 heteroatoms. The lowest BCUT2D eigenvalue weighted by atomic mass is 10.0. The van der Waals surface area contributed by atoms with E-state index in [4.69, 9.17) is 11.6 Å². The Labute approximate surface area is 111 Å². The maximum Gasteiger partial charge on any atom is 0.176 e. The lowest BCUT2D eigenvalue weighted by molar-refractivity contribution is 0.570. The van der Waals surface area contributed by atoms with Gasteiger partial charge in [0.2, 0.25) is 0 Å². The van der Waals surface area contributed by atoms with E-state index in [0.717, 1.165) is 16.1 Å². The molecule has 0 aliphatic carbocycles. The topological polar surface area (TPSA) is 55.6 Å². The third kappa shape index (κ3) is 2.86. The molecular weight excluding hydrogens is 250 g/mol. The molecule has 0 radical (unpaired) electrons. The monoisotopic (exact) mass is 265 g/mol. The number of rotatable bonds is 4. The minimum Gasteiger partial charge on any atom is -0.313 e. The van der Waals surface area contributed by atoms with Crippen LogP contribution in [0, 0.1) is 6.92 Å². The van der Waals surface area contributed by atoms with Gasteiger partial charge in [-0.2, -0.15) is 4.80 Å². The minimum atomic E-state index is 0.132. The van der Waals surface area contributed by atoms with Crippen LogP contribution in [-0.2, 0) is 13.5 Å². The van der Waals surface area contributed by atoms with E-state index in [1.54, 1.807) is 7.05 Å². The third-order valence-corrected chi connectivity index (χ3v) is 3.29. The molecule has 1 atom stereocenters. The Morgan fingerprint density at radius 2 is 2.22 bits per heavy atom. The van der Waals surface area contributed by atoms with Crippen molar-refractivity contribution in [1.82, 2.24) is 25.5 Å². The first kappa shape index (κ1) is 13.0. The number of hydrogen-bond donors (Lipinski definition) is 1. The van der Waals surface area contributed by atoms with Crippen LogP contribution < -0.4 is 5.32 Å². The molecule has 0 fully saturated rings. The summed E-state index contributed by atoms with van der Waals surface area (Å²) in [5.41, 5.74) is 2.20. The van der Waals surface area contributed by atoms with Crippen LogP contribution in [-0.4, -0.2) is 27.3 Å². The van der Waals surface area contributed by atoms with Gasteiger partial charge in [-0.1, -0.05) is 23.7 Å². The Balaban J connectivity index is 2.19. The van der Waals surface area contributed by atoms with E-state index < -0.39 is 0 Å². The van der Waals surface area contributed by atoms with Crippen molar-refractivity contribution < 1.29 is 0 Å². The van der Waals surface area contributed by atoms with Crippen LogP contribution in [0.25, 0.3) is 0 Å². The molecule has 0 spiro atoms. The Morgan fingerprint density at radius 1 is 1.44 bits per heavy atom. The summed E-state index contributed by atoms with van der Waals surface area (Å²) in [5.74, 6) is 0.716. The number of halogens is 1. The van der Waals surface area contributed by atoms with Gasteiger partial charge in [0.05, 0.1) is 7.05 Å². The molecule has 1 heterocycles. The molecule has 2 aromatic rings. The number of hydrogen-bond acceptors (Lipinski definition) is 4. The second-order valence-electron chi connectivity index (χ2n) is 4.25. The Kier molecular flexibility index (Phi) is 3.93. The first-order chi connectivity index (χ1) is 8.60. The zero-order valence-corrected chi connectivity index (χ0v) is 11.4. The van der Waals surface area contributed by atoms with Crippen molar-refractivity contribution >= 4 is 11.6 Å². The first-order valence-electron chi connectivity index (χ1n) is 5.76. The standard InChI is InChI=1S/C12H16ClN5/c1-8-4-5-9(6-10(8)13)11(14-2)7-12-15-17-18(3)16-12/h4-6,11,14H,7H2,1-3H3. The quantitative estimate of drug-likeness (QED) is 0.914. The fourth-order valence-corrected chi connectivity index (χ4v) is 1.99. The van der Waals surface area contributed by atoms with Gasteiger partial charge in [-0.3, -0.25) is 0 Å². The van der Waals surface area contributed by atoms with E-state index in [1.165, 1.54) is 4.80 Å². The molecule has 0 saturated heterocycles. The second-order valence-corrected chi connectivity index (χ2v) is 4.66. The molecule has 18 heavy (non-hydrogen) atoms. The van der Waals surface area contributed by atoms with Gasteiger partial charge < -0.3 is 5.32 Å². The van der Waals surface area contributed by atoms with Crippen molar-refractivity contribution in [2.45, 2.75) is 19.4 Å². The predicted octanol–water partition coefficient (Wildman–Crippen LogP) is 1.68. The summed E-state index contributed by atoms with van der Waals surface area (Å²) in [5, 5.41) is 16.0. The summed E-state index contributed by atoms with van der Waals surface area (Å²) in [6.07, 6.45) is 0.684. The summed E-state index contributed by atoms with van der Waals surface area (Å²) in [4.78, 5) is 1.46. The Morgan fingerprint density at radius 3 is 2.78 bits per heavy atom. The minimum absolute atomic E-state index is 0.132. The van der Waals surface area contributed by atoms with Crippen LogP contribution in [0.5, 0.6) is 0 Å². The molecule has 0 saturated carbocycles. The van der Waals surface area contributed by atoms with E-state index in [0.29, 0.717) is 12.2 Å². The number of aryl methyl sites for hydroxylation is 2. The fourth-order valence-electron chi connectivity index (χ4n) is 1.80. The first-order valence-corrected chi connectivity index (χ1v) is 6.14. The SMILES string of the molecule is CNC(Cc1nnn(C)n1)c1ccc(C)c(Cl)c1. The zero-order chi connectivity index (χ0) is 13.1. The van der Waals surface area contributed by atoms with Gasteiger partial charge in [0.1, 0.15) is 0 Å².